The van der Waals surface area contributed by atoms with Gasteiger partial charge in [-0.15, -0.1) is 0 Å². The van der Waals surface area contributed by atoms with Crippen molar-refractivity contribution in [2.24, 2.45) is 0 Å². The first-order valence-electron chi connectivity index (χ1n) is 6.42. The zero-order valence-electron chi connectivity index (χ0n) is 11.3. The van der Waals surface area contributed by atoms with Gasteiger partial charge >= 0.3 is 6.03 Å². The molecular weight excluding hydrogens is 269 g/mol. The van der Waals surface area contributed by atoms with E-state index in [2.05, 4.69) is 10.6 Å². The van der Waals surface area contributed by atoms with Gasteiger partial charge in [0, 0.05) is 13.1 Å². The van der Waals surface area contributed by atoms with Crippen LogP contribution in [0.4, 0.5) is 9.18 Å². The maximum Gasteiger partial charge on any atom is 0.315 e. The highest BCUT2D eigenvalue weighted by atomic mass is 19.1. The topological polar surface area (TPSA) is 64.9 Å². The third kappa shape index (κ3) is 4.62. The average molecular weight is 283 g/mol. The average Bonchev–Trinajstić information content (AvgIpc) is 2.51. The summed E-state index contributed by atoms with van der Waals surface area (Å²) in [5.41, 5.74) is 2.08. The molecule has 2 rings (SSSR count). The predicted molar refractivity (Wildman–Crippen MR) is 76.6 cm³/mol. The highest BCUT2D eigenvalue weighted by Crippen LogP contribution is 2.04. The predicted octanol–water partition coefficient (Wildman–Crippen LogP) is 2.70. The van der Waals surface area contributed by atoms with Crippen LogP contribution in [0.3, 0.4) is 0 Å². The first-order chi connectivity index (χ1) is 10.2. The molecule has 0 spiro atoms. The van der Waals surface area contributed by atoms with Crippen molar-refractivity contribution in [1.29, 1.82) is 5.26 Å². The van der Waals surface area contributed by atoms with Crippen molar-refractivity contribution in [1.82, 2.24) is 10.6 Å². The summed E-state index contributed by atoms with van der Waals surface area (Å²) < 4.78 is 13.0. The molecule has 21 heavy (non-hydrogen) atoms. The molecule has 0 aromatic heterocycles. The van der Waals surface area contributed by atoms with Gasteiger partial charge in [-0.25, -0.2) is 9.18 Å². The lowest BCUT2D eigenvalue weighted by Crippen LogP contribution is -2.34. The van der Waals surface area contributed by atoms with Crippen LogP contribution in [0, 0.1) is 17.1 Å². The second-order valence-electron chi connectivity index (χ2n) is 4.48. The molecule has 0 saturated carbocycles. The van der Waals surface area contributed by atoms with Crippen LogP contribution >= 0.6 is 0 Å². The Morgan fingerprint density at radius 3 is 2.29 bits per heavy atom. The maximum absolute atomic E-state index is 13.0. The van der Waals surface area contributed by atoms with E-state index in [0.717, 1.165) is 5.56 Å². The summed E-state index contributed by atoms with van der Waals surface area (Å²) in [6.45, 7) is 0.576. The molecule has 0 unspecified atom stereocenters. The quantitative estimate of drug-likeness (QED) is 0.906. The Hall–Kier alpha value is -2.87. The Bertz CT molecular complexity index is 679. The van der Waals surface area contributed by atoms with Gasteiger partial charge in [0.15, 0.2) is 0 Å². The van der Waals surface area contributed by atoms with E-state index in [-0.39, 0.29) is 18.4 Å². The summed E-state index contributed by atoms with van der Waals surface area (Å²) in [6, 6.07) is 14.8. The molecule has 2 amide bonds. The summed E-state index contributed by atoms with van der Waals surface area (Å²) in [5, 5.41) is 14.1. The Balaban J connectivity index is 1.81. The van der Waals surface area contributed by atoms with E-state index >= 15 is 0 Å². The number of carbonyl (C=O) groups is 1. The van der Waals surface area contributed by atoms with Gasteiger partial charge < -0.3 is 10.6 Å². The second kappa shape index (κ2) is 7.06. The molecule has 0 radical (unpaired) electrons. The van der Waals surface area contributed by atoms with Crippen molar-refractivity contribution in [3.8, 4) is 6.07 Å². The molecular formula is C16H14FN3O. The lowest BCUT2D eigenvalue weighted by atomic mass is 10.1. The van der Waals surface area contributed by atoms with Crippen molar-refractivity contribution >= 4 is 6.03 Å². The highest BCUT2D eigenvalue weighted by Gasteiger charge is 2.02. The molecule has 2 aromatic rings. The van der Waals surface area contributed by atoms with Gasteiger partial charge in [-0.05, 0) is 35.4 Å². The Labute approximate surface area is 122 Å². The molecule has 0 aliphatic carbocycles. The van der Waals surface area contributed by atoms with Gasteiger partial charge in [-0.2, -0.15) is 5.26 Å². The number of hydrogen-bond donors (Lipinski definition) is 2. The van der Waals surface area contributed by atoms with Crippen LogP contribution in [0.2, 0.25) is 0 Å². The lowest BCUT2D eigenvalue weighted by molar-refractivity contribution is 0.240. The minimum Gasteiger partial charge on any atom is -0.334 e. The Kier molecular flexibility index (Phi) is 4.89. The largest absolute Gasteiger partial charge is 0.334 e. The van der Waals surface area contributed by atoms with E-state index in [9.17, 15) is 9.18 Å². The van der Waals surface area contributed by atoms with Crippen molar-refractivity contribution in [2.45, 2.75) is 13.1 Å². The van der Waals surface area contributed by atoms with E-state index in [1.807, 2.05) is 12.1 Å². The number of halogens is 1. The molecule has 2 aromatic carbocycles. The van der Waals surface area contributed by atoms with Gasteiger partial charge in [0.1, 0.15) is 5.82 Å². The standard InChI is InChI=1S/C16H14FN3O/c17-15-6-2-5-14(8-15)11-20-16(21)19-10-13-4-1-3-12(7-13)9-18/h1-8H,10-11H2,(H2,19,20,21). The number of hydrogen-bond acceptors (Lipinski definition) is 2. The van der Waals surface area contributed by atoms with E-state index in [1.54, 1.807) is 30.3 Å². The first-order valence-corrected chi connectivity index (χ1v) is 6.42. The number of nitrogens with one attached hydrogen (secondary N) is 2. The smallest absolute Gasteiger partial charge is 0.315 e. The lowest BCUT2D eigenvalue weighted by Gasteiger charge is -2.08. The van der Waals surface area contributed by atoms with E-state index in [1.165, 1.54) is 12.1 Å². The van der Waals surface area contributed by atoms with Gasteiger partial charge in [0.05, 0.1) is 11.6 Å². The van der Waals surface area contributed by atoms with E-state index < -0.39 is 0 Å². The number of nitrogens with zero attached hydrogens (tertiary/aromatic N) is 1. The van der Waals surface area contributed by atoms with Gasteiger partial charge in [-0.3, -0.25) is 0 Å². The van der Waals surface area contributed by atoms with E-state index in [0.29, 0.717) is 17.7 Å². The molecule has 0 aliphatic heterocycles. The molecule has 106 valence electrons. The zero-order chi connectivity index (χ0) is 15.1. The summed E-state index contributed by atoms with van der Waals surface area (Å²) >= 11 is 0. The molecule has 0 aliphatic rings. The van der Waals surface area contributed by atoms with Crippen LogP contribution in [0.15, 0.2) is 48.5 Å². The van der Waals surface area contributed by atoms with Crippen LogP contribution in [0.5, 0.6) is 0 Å². The molecule has 5 heteroatoms. The number of benzene rings is 2. The summed E-state index contributed by atoms with van der Waals surface area (Å²) in [4.78, 5) is 11.6. The van der Waals surface area contributed by atoms with Crippen LogP contribution < -0.4 is 10.6 Å². The fourth-order valence-electron chi connectivity index (χ4n) is 1.82. The first kappa shape index (κ1) is 14.5. The molecule has 0 bridgehead atoms. The maximum atomic E-state index is 13.0. The van der Waals surface area contributed by atoms with Crippen molar-refractivity contribution in [2.75, 3.05) is 0 Å². The third-order valence-corrected chi connectivity index (χ3v) is 2.85. The fraction of sp³-hybridized carbons (Fsp3) is 0.125. The molecule has 2 N–H and O–H groups in total. The minimum absolute atomic E-state index is 0.252. The molecule has 0 heterocycles. The zero-order valence-corrected chi connectivity index (χ0v) is 11.3. The monoisotopic (exact) mass is 283 g/mol. The van der Waals surface area contributed by atoms with E-state index in [4.69, 9.17) is 5.26 Å². The van der Waals surface area contributed by atoms with Crippen LogP contribution in [0.25, 0.3) is 0 Å². The minimum atomic E-state index is -0.346. The molecule has 0 saturated heterocycles. The second-order valence-corrected chi connectivity index (χ2v) is 4.48. The van der Waals surface area contributed by atoms with Crippen LogP contribution in [-0.4, -0.2) is 6.03 Å². The SMILES string of the molecule is N#Cc1cccc(CNC(=O)NCc2cccc(F)c2)c1. The van der Waals surface area contributed by atoms with Crippen LogP contribution in [-0.2, 0) is 13.1 Å². The number of urea groups is 1. The van der Waals surface area contributed by atoms with Gasteiger partial charge in [0.25, 0.3) is 0 Å². The van der Waals surface area contributed by atoms with Gasteiger partial charge in [-0.1, -0.05) is 24.3 Å². The summed E-state index contributed by atoms with van der Waals surface area (Å²) in [6.07, 6.45) is 0. The number of rotatable bonds is 4. The summed E-state index contributed by atoms with van der Waals surface area (Å²) in [5.74, 6) is -0.331. The van der Waals surface area contributed by atoms with Crippen LogP contribution in [0.1, 0.15) is 16.7 Å². The number of nitriles is 1. The fourth-order valence-corrected chi connectivity index (χ4v) is 1.82. The Morgan fingerprint density at radius 2 is 1.67 bits per heavy atom. The normalized spacial score (nSPS) is 9.71. The van der Waals surface area contributed by atoms with Crippen molar-refractivity contribution < 1.29 is 9.18 Å². The number of carbonyl (C=O) groups excluding carboxylic acids is 1. The molecule has 0 fully saturated rings. The van der Waals surface area contributed by atoms with Gasteiger partial charge in [0.2, 0.25) is 0 Å². The highest BCUT2D eigenvalue weighted by molar-refractivity contribution is 5.73. The van der Waals surface area contributed by atoms with Crippen molar-refractivity contribution in [3.63, 3.8) is 0 Å². The van der Waals surface area contributed by atoms with Crippen molar-refractivity contribution in [3.05, 3.63) is 71.0 Å². The number of amides is 2. The third-order valence-electron chi connectivity index (χ3n) is 2.85. The Morgan fingerprint density at radius 1 is 1.05 bits per heavy atom. The summed E-state index contributed by atoms with van der Waals surface area (Å²) in [7, 11) is 0. The molecule has 0 atom stereocenters. The molecule has 4 nitrogen and oxygen atoms in total.